The molecule has 0 atom stereocenters. The van der Waals surface area contributed by atoms with Gasteiger partial charge in [-0.1, -0.05) is 12.1 Å². The van der Waals surface area contributed by atoms with E-state index in [1.807, 2.05) is 38.1 Å². The first kappa shape index (κ1) is 9.71. The molecule has 0 unspecified atom stereocenters. The van der Waals surface area contributed by atoms with Crippen LogP contribution in [0.3, 0.4) is 0 Å². The lowest BCUT2D eigenvalue weighted by Gasteiger charge is -2.06. The lowest BCUT2D eigenvalue weighted by atomic mass is 10.2. The molecular formula is C11H13N3O. The SMILES string of the molecule is CCOc1ccccc1-c1n[nH]c(C)n1. The van der Waals surface area contributed by atoms with Crippen LogP contribution in [0.2, 0.25) is 0 Å². The number of aryl methyl sites for hydroxylation is 1. The van der Waals surface area contributed by atoms with Gasteiger partial charge >= 0.3 is 0 Å². The average Bonchev–Trinajstić information content (AvgIpc) is 2.66. The fourth-order valence-electron chi connectivity index (χ4n) is 1.40. The van der Waals surface area contributed by atoms with E-state index in [1.54, 1.807) is 0 Å². The molecule has 0 saturated carbocycles. The highest BCUT2D eigenvalue weighted by molar-refractivity contribution is 5.63. The molecule has 0 aliphatic heterocycles. The maximum atomic E-state index is 5.51. The first-order valence-electron chi connectivity index (χ1n) is 4.92. The van der Waals surface area contributed by atoms with E-state index in [9.17, 15) is 0 Å². The van der Waals surface area contributed by atoms with E-state index in [0.29, 0.717) is 12.4 Å². The van der Waals surface area contributed by atoms with E-state index >= 15 is 0 Å². The summed E-state index contributed by atoms with van der Waals surface area (Å²) < 4.78 is 5.51. The van der Waals surface area contributed by atoms with Gasteiger partial charge in [0.15, 0.2) is 5.82 Å². The molecule has 1 aromatic carbocycles. The molecule has 0 saturated heterocycles. The Morgan fingerprint density at radius 2 is 2.13 bits per heavy atom. The average molecular weight is 203 g/mol. The van der Waals surface area contributed by atoms with Crippen LogP contribution in [0.5, 0.6) is 5.75 Å². The number of benzene rings is 1. The van der Waals surface area contributed by atoms with Crippen molar-refractivity contribution in [2.24, 2.45) is 0 Å². The molecule has 78 valence electrons. The second-order valence-electron chi connectivity index (χ2n) is 3.17. The van der Waals surface area contributed by atoms with Gasteiger partial charge in [-0.15, -0.1) is 0 Å². The quantitative estimate of drug-likeness (QED) is 0.831. The van der Waals surface area contributed by atoms with E-state index in [4.69, 9.17) is 4.74 Å². The fourth-order valence-corrected chi connectivity index (χ4v) is 1.40. The minimum Gasteiger partial charge on any atom is -0.493 e. The Morgan fingerprint density at radius 1 is 1.33 bits per heavy atom. The van der Waals surface area contributed by atoms with Crippen LogP contribution in [0.4, 0.5) is 0 Å². The molecule has 2 rings (SSSR count). The maximum absolute atomic E-state index is 5.51. The number of ether oxygens (including phenoxy) is 1. The van der Waals surface area contributed by atoms with Crippen molar-refractivity contribution >= 4 is 0 Å². The largest absolute Gasteiger partial charge is 0.493 e. The standard InChI is InChI=1S/C11H13N3O/c1-3-15-10-7-5-4-6-9(10)11-12-8(2)13-14-11/h4-7H,3H2,1-2H3,(H,12,13,14). The van der Waals surface area contributed by atoms with Crippen LogP contribution in [0, 0.1) is 6.92 Å². The third-order valence-electron chi connectivity index (χ3n) is 2.03. The molecule has 0 aliphatic rings. The lowest BCUT2D eigenvalue weighted by molar-refractivity contribution is 0.341. The third-order valence-corrected chi connectivity index (χ3v) is 2.03. The molecule has 0 amide bonds. The van der Waals surface area contributed by atoms with E-state index < -0.39 is 0 Å². The van der Waals surface area contributed by atoms with E-state index in [-0.39, 0.29) is 0 Å². The summed E-state index contributed by atoms with van der Waals surface area (Å²) in [5.41, 5.74) is 0.920. The first-order valence-corrected chi connectivity index (χ1v) is 4.92. The molecule has 0 radical (unpaired) electrons. The van der Waals surface area contributed by atoms with E-state index in [2.05, 4.69) is 15.2 Å². The minimum atomic E-state index is 0.639. The van der Waals surface area contributed by atoms with Gasteiger partial charge in [-0.25, -0.2) is 4.98 Å². The predicted molar refractivity (Wildman–Crippen MR) is 57.7 cm³/mol. The number of hydrogen-bond donors (Lipinski definition) is 1. The molecule has 0 aliphatic carbocycles. The van der Waals surface area contributed by atoms with Gasteiger partial charge in [0.2, 0.25) is 0 Å². The van der Waals surface area contributed by atoms with Crippen molar-refractivity contribution in [3.8, 4) is 17.1 Å². The normalized spacial score (nSPS) is 10.3. The molecule has 0 fully saturated rings. The van der Waals surface area contributed by atoms with Gasteiger partial charge in [0, 0.05) is 0 Å². The Hall–Kier alpha value is -1.84. The molecular weight excluding hydrogens is 190 g/mol. The van der Waals surface area contributed by atoms with Crippen LogP contribution in [0.15, 0.2) is 24.3 Å². The van der Waals surface area contributed by atoms with Crippen molar-refractivity contribution in [2.75, 3.05) is 6.61 Å². The highest BCUT2D eigenvalue weighted by Crippen LogP contribution is 2.26. The van der Waals surface area contributed by atoms with Gasteiger partial charge in [0.1, 0.15) is 11.6 Å². The van der Waals surface area contributed by atoms with Crippen LogP contribution in [-0.4, -0.2) is 21.8 Å². The topological polar surface area (TPSA) is 50.8 Å². The Kier molecular flexibility index (Phi) is 2.67. The molecule has 2 aromatic rings. The van der Waals surface area contributed by atoms with Gasteiger partial charge in [-0.2, -0.15) is 5.10 Å². The first-order chi connectivity index (χ1) is 7.31. The number of aromatic nitrogens is 3. The number of para-hydroxylation sites is 1. The summed E-state index contributed by atoms with van der Waals surface area (Å²) >= 11 is 0. The van der Waals surface area contributed by atoms with Gasteiger partial charge in [0.25, 0.3) is 0 Å². The van der Waals surface area contributed by atoms with Crippen LogP contribution in [-0.2, 0) is 0 Å². The molecule has 0 spiro atoms. The number of aromatic amines is 1. The second-order valence-corrected chi connectivity index (χ2v) is 3.17. The molecule has 1 heterocycles. The Labute approximate surface area is 88.3 Å². The van der Waals surface area contributed by atoms with Crippen molar-refractivity contribution in [1.82, 2.24) is 15.2 Å². The number of nitrogens with zero attached hydrogens (tertiary/aromatic N) is 2. The minimum absolute atomic E-state index is 0.639. The molecule has 1 N–H and O–H groups in total. The van der Waals surface area contributed by atoms with Crippen LogP contribution >= 0.6 is 0 Å². The van der Waals surface area contributed by atoms with Crippen LogP contribution < -0.4 is 4.74 Å². The monoisotopic (exact) mass is 203 g/mol. The highest BCUT2D eigenvalue weighted by atomic mass is 16.5. The molecule has 0 bridgehead atoms. The Morgan fingerprint density at radius 3 is 2.80 bits per heavy atom. The molecule has 15 heavy (non-hydrogen) atoms. The molecule has 1 aromatic heterocycles. The summed E-state index contributed by atoms with van der Waals surface area (Å²) in [5.74, 6) is 2.30. The van der Waals surface area contributed by atoms with E-state index in [1.165, 1.54) is 0 Å². The smallest absolute Gasteiger partial charge is 0.184 e. The summed E-state index contributed by atoms with van der Waals surface area (Å²) in [6.45, 7) is 4.47. The summed E-state index contributed by atoms with van der Waals surface area (Å²) in [4.78, 5) is 4.28. The Balaban J connectivity index is 2.42. The summed E-state index contributed by atoms with van der Waals surface area (Å²) in [5, 5.41) is 6.93. The highest BCUT2D eigenvalue weighted by Gasteiger charge is 2.09. The number of nitrogens with one attached hydrogen (secondary N) is 1. The van der Waals surface area contributed by atoms with Gasteiger partial charge < -0.3 is 4.74 Å². The van der Waals surface area contributed by atoms with Crippen LogP contribution in [0.1, 0.15) is 12.7 Å². The maximum Gasteiger partial charge on any atom is 0.184 e. The zero-order valence-electron chi connectivity index (χ0n) is 8.82. The summed E-state index contributed by atoms with van der Waals surface area (Å²) in [6.07, 6.45) is 0. The van der Waals surface area contributed by atoms with Gasteiger partial charge in [-0.3, -0.25) is 5.10 Å². The van der Waals surface area contributed by atoms with Crippen molar-refractivity contribution in [3.05, 3.63) is 30.1 Å². The van der Waals surface area contributed by atoms with Gasteiger partial charge in [0.05, 0.1) is 12.2 Å². The van der Waals surface area contributed by atoms with Crippen molar-refractivity contribution in [3.63, 3.8) is 0 Å². The molecule has 4 heteroatoms. The lowest BCUT2D eigenvalue weighted by Crippen LogP contribution is -1.94. The zero-order chi connectivity index (χ0) is 10.7. The van der Waals surface area contributed by atoms with E-state index in [0.717, 1.165) is 17.1 Å². The summed E-state index contributed by atoms with van der Waals surface area (Å²) in [7, 11) is 0. The zero-order valence-corrected chi connectivity index (χ0v) is 8.82. The van der Waals surface area contributed by atoms with Crippen LogP contribution in [0.25, 0.3) is 11.4 Å². The Bertz CT molecular complexity index is 451. The number of hydrogen-bond acceptors (Lipinski definition) is 3. The van der Waals surface area contributed by atoms with Crippen molar-refractivity contribution in [2.45, 2.75) is 13.8 Å². The number of rotatable bonds is 3. The molecule has 4 nitrogen and oxygen atoms in total. The number of H-pyrrole nitrogens is 1. The summed E-state index contributed by atoms with van der Waals surface area (Å²) in [6, 6.07) is 7.76. The second kappa shape index (κ2) is 4.13. The van der Waals surface area contributed by atoms with Crippen molar-refractivity contribution < 1.29 is 4.74 Å². The van der Waals surface area contributed by atoms with Gasteiger partial charge in [-0.05, 0) is 26.0 Å². The van der Waals surface area contributed by atoms with Crippen molar-refractivity contribution in [1.29, 1.82) is 0 Å². The third kappa shape index (κ3) is 1.98. The predicted octanol–water partition coefficient (Wildman–Crippen LogP) is 2.18. The fraction of sp³-hybridized carbons (Fsp3) is 0.273.